The minimum atomic E-state index is 0.0643. The highest BCUT2D eigenvalue weighted by Crippen LogP contribution is 2.25. The number of hydrazine groups is 1. The van der Waals surface area contributed by atoms with E-state index >= 15 is 0 Å². The van der Waals surface area contributed by atoms with Crippen LogP contribution in [0.5, 0.6) is 0 Å². The first-order valence-electron chi connectivity index (χ1n) is 6.60. The second-order valence-corrected chi connectivity index (χ2v) is 5.31. The molecule has 1 fully saturated rings. The molecule has 18 heavy (non-hydrogen) atoms. The van der Waals surface area contributed by atoms with Crippen molar-refractivity contribution in [2.45, 2.75) is 18.4 Å². The average molecular weight is 248 g/mol. The zero-order chi connectivity index (χ0) is 13.0. The van der Waals surface area contributed by atoms with Gasteiger partial charge in [0.05, 0.1) is 0 Å². The molecule has 4 heteroatoms. The van der Waals surface area contributed by atoms with Crippen molar-refractivity contribution in [3.8, 4) is 0 Å². The van der Waals surface area contributed by atoms with Gasteiger partial charge in [-0.05, 0) is 25.0 Å². The van der Waals surface area contributed by atoms with Gasteiger partial charge >= 0.3 is 0 Å². The maximum Gasteiger partial charge on any atom is 0.0481 e. The Kier molecular flexibility index (Phi) is 4.22. The van der Waals surface area contributed by atoms with Gasteiger partial charge in [0.15, 0.2) is 0 Å². The first-order chi connectivity index (χ1) is 8.65. The predicted molar refractivity (Wildman–Crippen MR) is 76.5 cm³/mol. The highest BCUT2D eigenvalue weighted by atomic mass is 15.5. The van der Waals surface area contributed by atoms with Crippen molar-refractivity contribution in [3.63, 3.8) is 0 Å². The van der Waals surface area contributed by atoms with E-state index in [1.165, 1.54) is 5.69 Å². The minimum Gasteiger partial charge on any atom is -0.371 e. The number of piperidine rings is 1. The van der Waals surface area contributed by atoms with E-state index < -0.39 is 0 Å². The van der Waals surface area contributed by atoms with Crippen molar-refractivity contribution >= 4 is 5.69 Å². The third-order valence-corrected chi connectivity index (χ3v) is 3.69. The number of anilines is 1. The van der Waals surface area contributed by atoms with Crippen LogP contribution in [0.4, 0.5) is 5.69 Å². The normalized spacial score (nSPS) is 19.2. The first-order valence-corrected chi connectivity index (χ1v) is 6.60. The van der Waals surface area contributed by atoms with E-state index in [-0.39, 0.29) is 5.54 Å². The molecule has 0 bridgehead atoms. The summed E-state index contributed by atoms with van der Waals surface area (Å²) >= 11 is 0. The largest absolute Gasteiger partial charge is 0.371 e. The number of nitrogens with two attached hydrogens (primary N) is 1. The molecule has 0 radical (unpaired) electrons. The van der Waals surface area contributed by atoms with Crippen molar-refractivity contribution < 1.29 is 0 Å². The Morgan fingerprint density at radius 2 is 1.83 bits per heavy atom. The molecule has 0 unspecified atom stereocenters. The molecule has 1 aromatic rings. The van der Waals surface area contributed by atoms with E-state index in [1.807, 2.05) is 19.1 Å². The minimum absolute atomic E-state index is 0.0643. The fourth-order valence-electron chi connectivity index (χ4n) is 2.67. The summed E-state index contributed by atoms with van der Waals surface area (Å²) < 4.78 is 0. The zero-order valence-electron chi connectivity index (χ0n) is 11.4. The van der Waals surface area contributed by atoms with Gasteiger partial charge in [-0.3, -0.25) is 5.01 Å². The van der Waals surface area contributed by atoms with E-state index in [9.17, 15) is 0 Å². The predicted octanol–water partition coefficient (Wildman–Crippen LogP) is 1.05. The SMILES string of the molecule is CN(C)NC1(CN)CCN(c2ccccc2)CC1. The molecule has 1 saturated heterocycles. The van der Waals surface area contributed by atoms with Gasteiger partial charge in [0, 0.05) is 45.0 Å². The lowest BCUT2D eigenvalue weighted by atomic mass is 9.88. The fraction of sp³-hybridized carbons (Fsp3) is 0.571. The average Bonchev–Trinajstić information content (AvgIpc) is 2.40. The van der Waals surface area contributed by atoms with E-state index in [0.717, 1.165) is 25.9 Å². The van der Waals surface area contributed by atoms with Crippen molar-refractivity contribution in [2.75, 3.05) is 38.6 Å². The molecule has 1 aliphatic heterocycles. The van der Waals surface area contributed by atoms with Crippen molar-refractivity contribution in [3.05, 3.63) is 30.3 Å². The van der Waals surface area contributed by atoms with Crippen LogP contribution in [0.3, 0.4) is 0 Å². The second-order valence-electron chi connectivity index (χ2n) is 5.31. The van der Waals surface area contributed by atoms with Gasteiger partial charge in [-0.1, -0.05) is 18.2 Å². The van der Waals surface area contributed by atoms with Crippen LogP contribution in [0.15, 0.2) is 30.3 Å². The highest BCUT2D eigenvalue weighted by molar-refractivity contribution is 5.46. The number of nitrogens with one attached hydrogen (secondary N) is 1. The van der Waals surface area contributed by atoms with E-state index in [2.05, 4.69) is 40.7 Å². The lowest BCUT2D eigenvalue weighted by Gasteiger charge is -2.44. The number of para-hydroxylation sites is 1. The van der Waals surface area contributed by atoms with Crippen LogP contribution in [0.25, 0.3) is 0 Å². The summed E-state index contributed by atoms with van der Waals surface area (Å²) in [6.45, 7) is 2.80. The molecule has 0 amide bonds. The van der Waals surface area contributed by atoms with Gasteiger partial charge in [-0.25, -0.2) is 5.43 Å². The molecule has 4 nitrogen and oxygen atoms in total. The molecule has 100 valence electrons. The number of hydrogen-bond donors (Lipinski definition) is 2. The van der Waals surface area contributed by atoms with Crippen LogP contribution < -0.4 is 16.1 Å². The molecule has 1 aliphatic rings. The number of rotatable bonds is 4. The summed E-state index contributed by atoms with van der Waals surface area (Å²) in [5.74, 6) is 0. The summed E-state index contributed by atoms with van der Waals surface area (Å²) in [5.41, 5.74) is 10.8. The molecule has 1 aromatic carbocycles. The Labute approximate surface area is 110 Å². The summed E-state index contributed by atoms with van der Waals surface area (Å²) in [6, 6.07) is 10.6. The van der Waals surface area contributed by atoms with Gasteiger partial charge in [0.2, 0.25) is 0 Å². The van der Waals surface area contributed by atoms with Gasteiger partial charge < -0.3 is 10.6 Å². The first kappa shape index (κ1) is 13.3. The molecule has 0 spiro atoms. The lowest BCUT2D eigenvalue weighted by molar-refractivity contribution is 0.136. The van der Waals surface area contributed by atoms with Gasteiger partial charge in [0.1, 0.15) is 0 Å². The standard InChI is InChI=1S/C14H24N4/c1-17(2)16-14(12-15)8-10-18(11-9-14)13-6-4-3-5-7-13/h3-7,16H,8-12,15H2,1-2H3. The van der Waals surface area contributed by atoms with Crippen LogP contribution in [0, 0.1) is 0 Å². The Hall–Kier alpha value is -1.10. The fourth-order valence-corrected chi connectivity index (χ4v) is 2.67. The topological polar surface area (TPSA) is 44.5 Å². The molecule has 0 aromatic heterocycles. The van der Waals surface area contributed by atoms with Crippen molar-refractivity contribution in [1.29, 1.82) is 0 Å². The molecular formula is C14H24N4. The van der Waals surface area contributed by atoms with Crippen LogP contribution >= 0.6 is 0 Å². The summed E-state index contributed by atoms with van der Waals surface area (Å²) in [7, 11) is 4.06. The third-order valence-electron chi connectivity index (χ3n) is 3.69. The van der Waals surface area contributed by atoms with Crippen LogP contribution in [-0.2, 0) is 0 Å². The maximum absolute atomic E-state index is 5.96. The van der Waals surface area contributed by atoms with Crippen LogP contribution in [0.1, 0.15) is 12.8 Å². The van der Waals surface area contributed by atoms with Gasteiger partial charge in [0.25, 0.3) is 0 Å². The van der Waals surface area contributed by atoms with Crippen molar-refractivity contribution in [2.24, 2.45) is 5.73 Å². The molecule has 1 heterocycles. The highest BCUT2D eigenvalue weighted by Gasteiger charge is 2.33. The van der Waals surface area contributed by atoms with E-state index in [4.69, 9.17) is 5.73 Å². The quantitative estimate of drug-likeness (QED) is 0.782. The summed E-state index contributed by atoms with van der Waals surface area (Å²) in [6.07, 6.45) is 2.16. The number of benzene rings is 1. The van der Waals surface area contributed by atoms with E-state index in [1.54, 1.807) is 0 Å². The Morgan fingerprint density at radius 3 is 2.33 bits per heavy atom. The Bertz CT molecular complexity index is 355. The molecule has 0 atom stereocenters. The monoisotopic (exact) mass is 248 g/mol. The molecule has 3 N–H and O–H groups in total. The molecule has 0 saturated carbocycles. The summed E-state index contributed by atoms with van der Waals surface area (Å²) in [5, 5.41) is 2.02. The molecule has 2 rings (SSSR count). The summed E-state index contributed by atoms with van der Waals surface area (Å²) in [4.78, 5) is 2.44. The molecular weight excluding hydrogens is 224 g/mol. The maximum atomic E-state index is 5.96. The smallest absolute Gasteiger partial charge is 0.0481 e. The zero-order valence-corrected chi connectivity index (χ0v) is 11.4. The second kappa shape index (κ2) is 5.69. The van der Waals surface area contributed by atoms with Gasteiger partial charge in [-0.2, -0.15) is 0 Å². The Balaban J connectivity index is 1.98. The number of nitrogens with zero attached hydrogens (tertiary/aromatic N) is 2. The number of hydrogen-bond acceptors (Lipinski definition) is 4. The third kappa shape index (κ3) is 3.02. The van der Waals surface area contributed by atoms with Crippen LogP contribution in [-0.4, -0.2) is 44.3 Å². The lowest BCUT2D eigenvalue weighted by Crippen LogP contribution is -2.61. The van der Waals surface area contributed by atoms with Gasteiger partial charge in [-0.15, -0.1) is 0 Å². The van der Waals surface area contributed by atoms with Crippen molar-refractivity contribution in [1.82, 2.24) is 10.4 Å². The van der Waals surface area contributed by atoms with Crippen LogP contribution in [0.2, 0.25) is 0 Å². The van der Waals surface area contributed by atoms with E-state index in [0.29, 0.717) is 6.54 Å². The molecule has 0 aliphatic carbocycles. The Morgan fingerprint density at radius 1 is 1.22 bits per heavy atom.